The first kappa shape index (κ1) is 28.3. The molecule has 3 aromatic rings. The molecule has 3 rings (SSSR count). The van der Waals surface area contributed by atoms with Crippen molar-refractivity contribution >= 4 is 40.9 Å². The van der Waals surface area contributed by atoms with Gasteiger partial charge in [0.2, 0.25) is 5.91 Å². The highest BCUT2D eigenvalue weighted by Gasteiger charge is 2.35. The van der Waals surface area contributed by atoms with E-state index in [0.717, 1.165) is 23.3 Å². The molecule has 0 fully saturated rings. The Balaban J connectivity index is 2.05. The molecule has 0 aliphatic carbocycles. The van der Waals surface area contributed by atoms with Gasteiger partial charge in [0.1, 0.15) is 23.3 Å². The van der Waals surface area contributed by atoms with Gasteiger partial charge in [0.15, 0.2) is 5.69 Å². The minimum Gasteiger partial charge on any atom is -0.465 e. The van der Waals surface area contributed by atoms with E-state index in [-0.39, 0.29) is 29.4 Å². The fourth-order valence-corrected chi connectivity index (χ4v) is 4.59. The molecule has 1 unspecified atom stereocenters. The normalized spacial score (nSPS) is 11.4. The average Bonchev–Trinajstić information content (AvgIpc) is 3.28. The highest BCUT2D eigenvalue weighted by atomic mass is 32.1. The van der Waals surface area contributed by atoms with Crippen molar-refractivity contribution in [3.8, 4) is 0 Å². The molecular weight excluding hydrogens is 513 g/mol. The van der Waals surface area contributed by atoms with E-state index in [4.69, 9.17) is 16.2 Å². The lowest BCUT2D eigenvalue weighted by Crippen LogP contribution is -2.46. The molecule has 0 spiro atoms. The monoisotopic (exact) mass is 541 g/mol. The van der Waals surface area contributed by atoms with Gasteiger partial charge in [-0.3, -0.25) is 19.2 Å². The number of ether oxygens (including phenoxy) is 1. The fourth-order valence-electron chi connectivity index (χ4n) is 3.82. The number of nitrogens with two attached hydrogens (primary N) is 2. The van der Waals surface area contributed by atoms with Crippen molar-refractivity contribution in [3.63, 3.8) is 0 Å². The molecule has 10 nitrogen and oxygen atoms in total. The van der Waals surface area contributed by atoms with E-state index in [1.807, 2.05) is 31.2 Å². The maximum atomic E-state index is 13.9. The Morgan fingerprint density at radius 2 is 1.82 bits per heavy atom. The summed E-state index contributed by atoms with van der Waals surface area (Å²) in [6.45, 7) is 3.29. The lowest BCUT2D eigenvalue weighted by Gasteiger charge is -2.31. The average molecular weight is 542 g/mol. The number of aromatic nitrogens is 1. The smallest absolute Gasteiger partial charge is 0.325 e. The Labute approximate surface area is 222 Å². The number of benzene rings is 2. The number of aryl methyl sites for hydroxylation is 1. The zero-order chi connectivity index (χ0) is 27.8. The summed E-state index contributed by atoms with van der Waals surface area (Å²) in [6.07, 6.45) is 0.364. The SMILES string of the molecule is CCOC(=O)CNC(=O)C(c1ccc(F)cc1)N(CCc1ccccc1C)C(=O)c1snc(C(N)=O)c1N. The number of nitrogens with one attached hydrogen (secondary N) is 1. The largest absolute Gasteiger partial charge is 0.465 e. The molecule has 1 heterocycles. The number of hydrogen-bond acceptors (Lipinski definition) is 8. The number of rotatable bonds is 11. The topological polar surface area (TPSA) is 158 Å². The fraction of sp³-hybridized carbons (Fsp3) is 0.269. The van der Waals surface area contributed by atoms with Gasteiger partial charge >= 0.3 is 5.97 Å². The predicted molar refractivity (Wildman–Crippen MR) is 140 cm³/mol. The van der Waals surface area contributed by atoms with Crippen LogP contribution in [0.2, 0.25) is 0 Å². The van der Waals surface area contributed by atoms with Crippen LogP contribution in [0.25, 0.3) is 0 Å². The van der Waals surface area contributed by atoms with Crippen molar-refractivity contribution in [2.24, 2.45) is 5.73 Å². The van der Waals surface area contributed by atoms with E-state index in [9.17, 15) is 23.6 Å². The van der Waals surface area contributed by atoms with E-state index in [1.54, 1.807) is 6.92 Å². The number of primary amides is 1. The highest BCUT2D eigenvalue weighted by Crippen LogP contribution is 2.29. The molecule has 0 saturated carbocycles. The van der Waals surface area contributed by atoms with E-state index in [1.165, 1.54) is 17.0 Å². The third kappa shape index (κ3) is 6.71. The first-order valence-corrected chi connectivity index (χ1v) is 12.5. The maximum Gasteiger partial charge on any atom is 0.325 e. The molecule has 200 valence electrons. The van der Waals surface area contributed by atoms with Gasteiger partial charge in [0.05, 0.1) is 12.3 Å². The summed E-state index contributed by atoms with van der Waals surface area (Å²) in [7, 11) is 0. The van der Waals surface area contributed by atoms with Gasteiger partial charge in [-0.15, -0.1) is 0 Å². The van der Waals surface area contributed by atoms with Gasteiger partial charge in [0, 0.05) is 6.54 Å². The van der Waals surface area contributed by atoms with Gasteiger partial charge in [-0.2, -0.15) is 4.37 Å². The molecule has 0 aliphatic heterocycles. The van der Waals surface area contributed by atoms with Crippen LogP contribution in [0, 0.1) is 12.7 Å². The predicted octanol–water partition coefficient (Wildman–Crippen LogP) is 2.38. The van der Waals surface area contributed by atoms with Crippen molar-refractivity contribution in [2.75, 3.05) is 25.4 Å². The summed E-state index contributed by atoms with van der Waals surface area (Å²) in [6, 6.07) is 11.4. The lowest BCUT2D eigenvalue weighted by molar-refractivity contribution is -0.143. The van der Waals surface area contributed by atoms with E-state index < -0.39 is 42.1 Å². The molecule has 1 aromatic heterocycles. The summed E-state index contributed by atoms with van der Waals surface area (Å²) in [5.74, 6) is -3.46. The zero-order valence-electron chi connectivity index (χ0n) is 20.9. The summed E-state index contributed by atoms with van der Waals surface area (Å²) < 4.78 is 22.5. The second-order valence-corrected chi connectivity index (χ2v) is 9.06. The summed E-state index contributed by atoms with van der Waals surface area (Å²) in [5.41, 5.74) is 13.1. The summed E-state index contributed by atoms with van der Waals surface area (Å²) in [5, 5.41) is 2.50. The van der Waals surface area contributed by atoms with E-state index in [0.29, 0.717) is 23.5 Å². The molecular formula is C26H28FN5O5S. The van der Waals surface area contributed by atoms with Crippen molar-refractivity contribution in [3.05, 3.63) is 81.6 Å². The van der Waals surface area contributed by atoms with Crippen LogP contribution in [-0.4, -0.2) is 52.7 Å². The minimum absolute atomic E-state index is 0.0435. The maximum absolute atomic E-state index is 13.9. The van der Waals surface area contributed by atoms with Crippen LogP contribution in [0.5, 0.6) is 0 Å². The Morgan fingerprint density at radius 1 is 1.13 bits per heavy atom. The van der Waals surface area contributed by atoms with Crippen LogP contribution in [0.15, 0.2) is 48.5 Å². The lowest BCUT2D eigenvalue weighted by atomic mass is 10.0. The standard InChI is InChI=1S/C26H28FN5O5S/c1-3-37-19(33)14-30-25(35)22(17-8-10-18(27)11-9-17)32(13-12-16-7-5-4-6-15(16)2)26(36)23-20(28)21(24(29)34)31-38-23/h4-11,22H,3,12-14,28H2,1-2H3,(H2,29,34)(H,30,35). The number of nitrogens with zero attached hydrogens (tertiary/aromatic N) is 2. The Bertz CT molecular complexity index is 1330. The van der Waals surface area contributed by atoms with Gasteiger partial charge < -0.3 is 26.4 Å². The quantitative estimate of drug-likeness (QED) is 0.315. The first-order valence-electron chi connectivity index (χ1n) is 11.7. The Kier molecular flexibility index (Phi) is 9.49. The van der Waals surface area contributed by atoms with Crippen LogP contribution in [0.4, 0.5) is 10.1 Å². The third-order valence-corrected chi connectivity index (χ3v) is 6.61. The second kappa shape index (κ2) is 12.8. The molecule has 0 radical (unpaired) electrons. The zero-order valence-corrected chi connectivity index (χ0v) is 21.7. The van der Waals surface area contributed by atoms with Gasteiger partial charge in [-0.25, -0.2) is 4.39 Å². The number of nitrogen functional groups attached to an aromatic ring is 1. The number of hydrogen-bond donors (Lipinski definition) is 3. The van der Waals surface area contributed by atoms with Crippen LogP contribution in [0.1, 0.15) is 49.8 Å². The first-order chi connectivity index (χ1) is 18.1. The van der Waals surface area contributed by atoms with Gasteiger partial charge in [-0.05, 0) is 60.6 Å². The summed E-state index contributed by atoms with van der Waals surface area (Å²) in [4.78, 5) is 52.1. The third-order valence-electron chi connectivity index (χ3n) is 5.76. The molecule has 38 heavy (non-hydrogen) atoms. The van der Waals surface area contributed by atoms with Crippen molar-refractivity contribution < 1.29 is 28.3 Å². The van der Waals surface area contributed by atoms with Crippen LogP contribution in [0.3, 0.4) is 0 Å². The molecule has 0 aliphatic rings. The molecule has 1 atom stereocenters. The molecule has 12 heteroatoms. The number of amides is 3. The second-order valence-electron chi connectivity index (χ2n) is 8.29. The molecule has 5 N–H and O–H groups in total. The number of carbonyl (C=O) groups excluding carboxylic acids is 4. The highest BCUT2D eigenvalue weighted by molar-refractivity contribution is 7.09. The van der Waals surface area contributed by atoms with E-state index in [2.05, 4.69) is 9.69 Å². The number of anilines is 1. The minimum atomic E-state index is -1.28. The number of halogens is 1. The molecule has 3 amide bonds. The Hall–Kier alpha value is -4.32. The van der Waals surface area contributed by atoms with Gasteiger partial charge in [0.25, 0.3) is 11.8 Å². The Morgan fingerprint density at radius 3 is 2.42 bits per heavy atom. The van der Waals surface area contributed by atoms with Gasteiger partial charge in [-0.1, -0.05) is 36.4 Å². The van der Waals surface area contributed by atoms with Crippen LogP contribution >= 0.6 is 11.5 Å². The number of esters is 1. The van der Waals surface area contributed by atoms with Crippen molar-refractivity contribution in [1.82, 2.24) is 14.6 Å². The van der Waals surface area contributed by atoms with E-state index >= 15 is 0 Å². The summed E-state index contributed by atoms with van der Waals surface area (Å²) >= 11 is 0.684. The van der Waals surface area contributed by atoms with Crippen molar-refractivity contribution in [1.29, 1.82) is 0 Å². The van der Waals surface area contributed by atoms with Crippen LogP contribution < -0.4 is 16.8 Å². The molecule has 0 bridgehead atoms. The van der Waals surface area contributed by atoms with Crippen molar-refractivity contribution in [2.45, 2.75) is 26.3 Å². The number of carbonyl (C=O) groups is 4. The molecule has 0 saturated heterocycles. The molecule has 2 aromatic carbocycles. The van der Waals surface area contributed by atoms with Crippen LogP contribution in [-0.2, 0) is 20.7 Å².